The zero-order chi connectivity index (χ0) is 17.0. The molecule has 0 saturated carbocycles. The molecule has 1 aromatic rings. The highest BCUT2D eigenvalue weighted by molar-refractivity contribution is 5.46. The van der Waals surface area contributed by atoms with Gasteiger partial charge in [-0.05, 0) is 52.2 Å². The summed E-state index contributed by atoms with van der Waals surface area (Å²) in [7, 11) is 0. The Kier molecular flexibility index (Phi) is 5.18. The molecular formula is C21H30N2O. The highest BCUT2D eigenvalue weighted by Crippen LogP contribution is 2.34. The number of rotatable bonds is 2. The highest BCUT2D eigenvalue weighted by Gasteiger charge is 2.35. The van der Waals surface area contributed by atoms with E-state index in [2.05, 4.69) is 72.7 Å². The van der Waals surface area contributed by atoms with Gasteiger partial charge in [-0.25, -0.2) is 0 Å². The average molecular weight is 326 g/mol. The summed E-state index contributed by atoms with van der Waals surface area (Å²) in [4.78, 5) is 4.90. The number of piperazine rings is 1. The van der Waals surface area contributed by atoms with Crippen LogP contribution in [-0.4, -0.2) is 48.8 Å². The summed E-state index contributed by atoms with van der Waals surface area (Å²) in [6, 6.07) is 10.7. The lowest BCUT2D eigenvalue weighted by atomic mass is 9.88. The van der Waals surface area contributed by atoms with Gasteiger partial charge < -0.3 is 9.64 Å². The predicted molar refractivity (Wildman–Crippen MR) is 100 cm³/mol. The monoisotopic (exact) mass is 326 g/mol. The second-order valence-corrected chi connectivity index (χ2v) is 7.85. The number of benzene rings is 1. The van der Waals surface area contributed by atoms with Crippen molar-refractivity contribution in [1.82, 2.24) is 4.90 Å². The molecule has 0 amide bonds. The first-order valence-corrected chi connectivity index (χ1v) is 9.18. The van der Waals surface area contributed by atoms with Gasteiger partial charge in [0.05, 0.1) is 12.1 Å². The molecule has 0 unspecified atom stereocenters. The predicted octanol–water partition coefficient (Wildman–Crippen LogP) is 3.55. The Morgan fingerprint density at radius 1 is 1.00 bits per heavy atom. The molecule has 0 bridgehead atoms. The van der Waals surface area contributed by atoms with Crippen molar-refractivity contribution in [3.05, 3.63) is 30.3 Å². The first-order valence-electron chi connectivity index (χ1n) is 9.18. The molecule has 3 heteroatoms. The molecule has 2 heterocycles. The van der Waals surface area contributed by atoms with E-state index in [0.29, 0.717) is 0 Å². The van der Waals surface area contributed by atoms with Crippen LogP contribution in [0.4, 0.5) is 5.69 Å². The summed E-state index contributed by atoms with van der Waals surface area (Å²) >= 11 is 0. The molecule has 2 aliphatic rings. The molecule has 1 atom stereocenters. The fourth-order valence-electron chi connectivity index (χ4n) is 3.79. The maximum Gasteiger partial charge on any atom is 0.126 e. The third-order valence-corrected chi connectivity index (χ3v) is 5.08. The Balaban J connectivity index is 1.49. The topological polar surface area (TPSA) is 15.7 Å². The van der Waals surface area contributed by atoms with Crippen LogP contribution in [0.5, 0.6) is 0 Å². The zero-order valence-corrected chi connectivity index (χ0v) is 15.3. The summed E-state index contributed by atoms with van der Waals surface area (Å²) in [6.07, 6.45) is 3.38. The molecule has 2 fully saturated rings. The van der Waals surface area contributed by atoms with Crippen LogP contribution in [0.1, 0.15) is 40.0 Å². The lowest BCUT2D eigenvalue weighted by Gasteiger charge is -2.40. The van der Waals surface area contributed by atoms with E-state index in [4.69, 9.17) is 4.74 Å². The van der Waals surface area contributed by atoms with E-state index in [1.54, 1.807) is 0 Å². The van der Waals surface area contributed by atoms with Crippen LogP contribution in [0.3, 0.4) is 0 Å². The molecule has 0 radical (unpaired) electrons. The molecule has 3 nitrogen and oxygen atoms in total. The van der Waals surface area contributed by atoms with Crippen LogP contribution in [0.15, 0.2) is 30.3 Å². The molecule has 3 rings (SSSR count). The van der Waals surface area contributed by atoms with Gasteiger partial charge in [0, 0.05) is 31.9 Å². The van der Waals surface area contributed by atoms with Crippen molar-refractivity contribution in [1.29, 1.82) is 0 Å². The van der Waals surface area contributed by atoms with Crippen LogP contribution >= 0.6 is 0 Å². The quantitative estimate of drug-likeness (QED) is 0.773. The van der Waals surface area contributed by atoms with Gasteiger partial charge in [-0.2, -0.15) is 0 Å². The van der Waals surface area contributed by atoms with E-state index in [-0.39, 0.29) is 11.2 Å². The molecule has 0 spiro atoms. The maximum absolute atomic E-state index is 6.23. The Bertz CT molecular complexity index is 593. The smallest absolute Gasteiger partial charge is 0.126 e. The van der Waals surface area contributed by atoms with Crippen molar-refractivity contribution in [3.8, 4) is 11.8 Å². The Labute approximate surface area is 147 Å². The number of anilines is 1. The second kappa shape index (κ2) is 7.17. The average Bonchev–Trinajstić information content (AvgIpc) is 2.55. The molecule has 130 valence electrons. The highest BCUT2D eigenvalue weighted by atomic mass is 16.5. The first-order chi connectivity index (χ1) is 11.5. The van der Waals surface area contributed by atoms with Crippen LogP contribution in [0.2, 0.25) is 0 Å². The van der Waals surface area contributed by atoms with Crippen molar-refractivity contribution < 1.29 is 4.74 Å². The lowest BCUT2D eigenvalue weighted by molar-refractivity contribution is -0.135. The summed E-state index contributed by atoms with van der Waals surface area (Å²) in [5.41, 5.74) is 1.02. The van der Waals surface area contributed by atoms with Gasteiger partial charge in [0.25, 0.3) is 0 Å². The molecule has 1 aromatic carbocycles. The molecule has 0 aromatic heterocycles. The van der Waals surface area contributed by atoms with E-state index < -0.39 is 0 Å². The van der Waals surface area contributed by atoms with Gasteiger partial charge in [0.15, 0.2) is 0 Å². The fraction of sp³-hybridized carbons (Fsp3) is 0.619. The van der Waals surface area contributed by atoms with Crippen molar-refractivity contribution in [2.24, 2.45) is 0 Å². The van der Waals surface area contributed by atoms with E-state index >= 15 is 0 Å². The van der Waals surface area contributed by atoms with Gasteiger partial charge in [0.1, 0.15) is 5.60 Å². The summed E-state index contributed by atoms with van der Waals surface area (Å²) in [6.45, 7) is 11.7. The minimum absolute atomic E-state index is 0.0387. The number of nitrogens with zero attached hydrogens (tertiary/aromatic N) is 2. The number of hydrogen-bond donors (Lipinski definition) is 0. The van der Waals surface area contributed by atoms with Crippen LogP contribution in [0.25, 0.3) is 0 Å². The van der Waals surface area contributed by atoms with Crippen molar-refractivity contribution in [2.75, 3.05) is 37.6 Å². The minimum Gasteiger partial charge on any atom is -0.369 e. The standard InChI is InChI=1S/C21H30N2O/c1-20(2)11-7-12-21(3,24-20)13-8-14-22-15-17-23(18-16-22)19-9-5-4-6-10-19/h4-6,9-10H,7,11-12,14-18H2,1-3H3/t21-/m0/s1. The molecule has 0 N–H and O–H groups in total. The van der Waals surface area contributed by atoms with Crippen LogP contribution in [0, 0.1) is 11.8 Å². The number of hydrogen-bond acceptors (Lipinski definition) is 3. The van der Waals surface area contributed by atoms with Gasteiger partial charge in [-0.15, -0.1) is 0 Å². The largest absolute Gasteiger partial charge is 0.369 e. The van der Waals surface area contributed by atoms with Crippen molar-refractivity contribution >= 4 is 5.69 Å². The van der Waals surface area contributed by atoms with Gasteiger partial charge in [-0.1, -0.05) is 30.0 Å². The summed E-state index contributed by atoms with van der Waals surface area (Å²) in [5, 5.41) is 0. The van der Waals surface area contributed by atoms with Gasteiger partial charge in [-0.3, -0.25) is 4.90 Å². The van der Waals surface area contributed by atoms with Crippen LogP contribution < -0.4 is 4.90 Å². The molecular weight excluding hydrogens is 296 g/mol. The Hall–Kier alpha value is -1.50. The normalized spacial score (nSPS) is 27.4. The third kappa shape index (κ3) is 4.53. The Morgan fingerprint density at radius 2 is 1.71 bits per heavy atom. The zero-order valence-electron chi connectivity index (χ0n) is 15.3. The van der Waals surface area contributed by atoms with Gasteiger partial charge in [0.2, 0.25) is 0 Å². The summed E-state index contributed by atoms with van der Waals surface area (Å²) < 4.78 is 6.23. The van der Waals surface area contributed by atoms with Crippen LogP contribution in [-0.2, 0) is 4.74 Å². The van der Waals surface area contributed by atoms with Crippen molar-refractivity contribution in [2.45, 2.75) is 51.2 Å². The van der Waals surface area contributed by atoms with E-state index in [1.165, 1.54) is 12.1 Å². The molecule has 24 heavy (non-hydrogen) atoms. The maximum atomic E-state index is 6.23. The Morgan fingerprint density at radius 3 is 2.38 bits per heavy atom. The van der Waals surface area contributed by atoms with E-state index in [1.807, 2.05) is 0 Å². The van der Waals surface area contributed by atoms with Gasteiger partial charge >= 0.3 is 0 Å². The number of para-hydroxylation sites is 1. The fourth-order valence-corrected chi connectivity index (χ4v) is 3.79. The number of ether oxygens (including phenoxy) is 1. The van der Waals surface area contributed by atoms with Crippen molar-refractivity contribution in [3.63, 3.8) is 0 Å². The summed E-state index contributed by atoms with van der Waals surface area (Å²) in [5.74, 6) is 6.81. The lowest BCUT2D eigenvalue weighted by Crippen LogP contribution is -2.46. The SMILES string of the molecule is CC1(C)CCC[C@@](C)(C#CCN2CCN(c3ccccc3)CC2)O1. The first kappa shape index (κ1) is 17.3. The third-order valence-electron chi connectivity index (χ3n) is 5.08. The minimum atomic E-state index is -0.270. The van der Waals surface area contributed by atoms with E-state index in [9.17, 15) is 0 Å². The molecule has 0 aliphatic carbocycles. The second-order valence-electron chi connectivity index (χ2n) is 7.85. The molecule has 2 aliphatic heterocycles. The molecule has 2 saturated heterocycles. The van der Waals surface area contributed by atoms with E-state index in [0.717, 1.165) is 45.6 Å².